The van der Waals surface area contributed by atoms with Crippen molar-refractivity contribution >= 4 is 22.1 Å². The van der Waals surface area contributed by atoms with E-state index in [-0.39, 0.29) is 0 Å². The van der Waals surface area contributed by atoms with Gasteiger partial charge in [-0.15, -0.1) is 0 Å². The van der Waals surface area contributed by atoms with Gasteiger partial charge in [0.05, 0.1) is 22.1 Å². The van der Waals surface area contributed by atoms with E-state index in [2.05, 4.69) is 70.2 Å². The third-order valence-electron chi connectivity index (χ3n) is 4.45. The lowest BCUT2D eigenvalue weighted by molar-refractivity contribution is 0.698. The van der Waals surface area contributed by atoms with Crippen molar-refractivity contribution in [1.82, 2.24) is 19.9 Å². The molecule has 0 radical (unpaired) electrons. The van der Waals surface area contributed by atoms with Crippen LogP contribution < -0.4 is 0 Å². The highest BCUT2D eigenvalue weighted by molar-refractivity contribution is 5.76. The molecule has 4 nitrogen and oxygen atoms in total. The number of unbranched alkanes of at least 4 members (excludes halogenated alkanes) is 1. The predicted molar refractivity (Wildman–Crippen MR) is 98.3 cm³/mol. The number of nitrogens with zero attached hydrogens (tertiary/aromatic N) is 2. The van der Waals surface area contributed by atoms with E-state index in [9.17, 15) is 0 Å². The Hall–Kier alpha value is -2.62. The Morgan fingerprint density at radius 2 is 1.17 bits per heavy atom. The van der Waals surface area contributed by atoms with Crippen molar-refractivity contribution in [2.75, 3.05) is 0 Å². The van der Waals surface area contributed by atoms with E-state index in [4.69, 9.17) is 0 Å². The minimum atomic E-state index is 0.979. The fraction of sp³-hybridized carbons (Fsp3) is 0.300. The van der Waals surface area contributed by atoms with E-state index in [0.717, 1.165) is 59.4 Å². The summed E-state index contributed by atoms with van der Waals surface area (Å²) in [5, 5.41) is 0. The molecule has 0 amide bonds. The van der Waals surface area contributed by atoms with Crippen LogP contribution in [-0.2, 0) is 12.8 Å². The highest BCUT2D eigenvalue weighted by Crippen LogP contribution is 2.16. The molecule has 24 heavy (non-hydrogen) atoms. The molecule has 2 aromatic carbocycles. The van der Waals surface area contributed by atoms with E-state index in [1.54, 1.807) is 0 Å². The molecule has 122 valence electrons. The quantitative estimate of drug-likeness (QED) is 0.527. The highest BCUT2D eigenvalue weighted by atomic mass is 14.9. The molecule has 0 saturated carbocycles. The number of aromatic nitrogens is 4. The lowest BCUT2D eigenvalue weighted by Crippen LogP contribution is -1.92. The number of aromatic amines is 2. The zero-order valence-corrected chi connectivity index (χ0v) is 14.2. The maximum atomic E-state index is 4.66. The molecule has 2 N–H and O–H groups in total. The molecule has 4 rings (SSSR count). The molecule has 0 spiro atoms. The van der Waals surface area contributed by atoms with E-state index >= 15 is 0 Å². The Balaban J connectivity index is 1.36. The Bertz CT molecular complexity index is 911. The van der Waals surface area contributed by atoms with Gasteiger partial charge >= 0.3 is 0 Å². The van der Waals surface area contributed by atoms with Gasteiger partial charge in [-0.3, -0.25) is 0 Å². The fourth-order valence-electron chi connectivity index (χ4n) is 3.17. The SMILES string of the molecule is Cc1ccc2nc(CCCCc3nc4ccc(C)cc4[nH]3)[nH]c2c1. The zero-order valence-electron chi connectivity index (χ0n) is 14.2. The minimum absolute atomic E-state index is 0.979. The second-order valence-electron chi connectivity index (χ2n) is 6.62. The average molecular weight is 318 g/mol. The van der Waals surface area contributed by atoms with Crippen LogP contribution in [0.3, 0.4) is 0 Å². The standard InChI is InChI=1S/C20H22N4/c1-13-7-9-15-17(11-13)23-19(21-15)5-3-4-6-20-22-16-10-8-14(2)12-18(16)24-20/h7-12H,3-6H2,1-2H3,(H,21,23)(H,22,24). The first-order valence-electron chi connectivity index (χ1n) is 8.58. The number of imidazole rings is 2. The molecule has 0 saturated heterocycles. The number of hydrogen-bond donors (Lipinski definition) is 2. The van der Waals surface area contributed by atoms with E-state index in [0.29, 0.717) is 0 Å². The first kappa shape index (κ1) is 14.9. The van der Waals surface area contributed by atoms with E-state index in [1.807, 2.05) is 0 Å². The van der Waals surface area contributed by atoms with Crippen molar-refractivity contribution in [2.24, 2.45) is 0 Å². The maximum Gasteiger partial charge on any atom is 0.107 e. The fourth-order valence-corrected chi connectivity index (χ4v) is 3.17. The van der Waals surface area contributed by atoms with Gasteiger partial charge in [-0.25, -0.2) is 9.97 Å². The van der Waals surface area contributed by atoms with Crippen LogP contribution >= 0.6 is 0 Å². The van der Waals surface area contributed by atoms with Crippen molar-refractivity contribution in [3.8, 4) is 0 Å². The molecule has 0 atom stereocenters. The molecule has 0 fully saturated rings. The van der Waals surface area contributed by atoms with Crippen LogP contribution in [0.25, 0.3) is 22.1 Å². The summed E-state index contributed by atoms with van der Waals surface area (Å²) in [6.07, 6.45) is 4.17. The summed E-state index contributed by atoms with van der Waals surface area (Å²) in [7, 11) is 0. The Morgan fingerprint density at radius 3 is 1.62 bits per heavy atom. The first-order chi connectivity index (χ1) is 11.7. The molecule has 0 bridgehead atoms. The molecular weight excluding hydrogens is 296 g/mol. The van der Waals surface area contributed by atoms with Crippen LogP contribution in [0.5, 0.6) is 0 Å². The normalized spacial score (nSPS) is 11.6. The second-order valence-corrected chi connectivity index (χ2v) is 6.62. The molecule has 0 aliphatic rings. The number of benzene rings is 2. The second kappa shape index (κ2) is 6.11. The maximum absolute atomic E-state index is 4.66. The molecule has 0 aliphatic carbocycles. The van der Waals surface area contributed by atoms with E-state index < -0.39 is 0 Å². The van der Waals surface area contributed by atoms with Crippen molar-refractivity contribution in [3.63, 3.8) is 0 Å². The number of hydrogen-bond acceptors (Lipinski definition) is 2. The summed E-state index contributed by atoms with van der Waals surface area (Å²) in [6, 6.07) is 12.7. The van der Waals surface area contributed by atoms with Gasteiger partial charge in [-0.2, -0.15) is 0 Å². The van der Waals surface area contributed by atoms with Gasteiger partial charge in [0.15, 0.2) is 0 Å². The molecule has 2 aromatic heterocycles. The Kier molecular flexibility index (Phi) is 3.81. The largest absolute Gasteiger partial charge is 0.342 e. The monoisotopic (exact) mass is 318 g/mol. The molecule has 0 aliphatic heterocycles. The number of nitrogens with one attached hydrogen (secondary N) is 2. The highest BCUT2D eigenvalue weighted by Gasteiger charge is 2.05. The number of aryl methyl sites for hydroxylation is 4. The van der Waals surface area contributed by atoms with Gasteiger partial charge in [0, 0.05) is 12.8 Å². The van der Waals surface area contributed by atoms with Crippen LogP contribution in [0.4, 0.5) is 0 Å². The third kappa shape index (κ3) is 3.04. The summed E-state index contributed by atoms with van der Waals surface area (Å²) in [5.41, 5.74) is 6.91. The topological polar surface area (TPSA) is 57.4 Å². The lowest BCUT2D eigenvalue weighted by atomic mass is 10.2. The van der Waals surface area contributed by atoms with Crippen LogP contribution in [0.2, 0.25) is 0 Å². The van der Waals surface area contributed by atoms with Gasteiger partial charge in [0.1, 0.15) is 11.6 Å². The summed E-state index contributed by atoms with van der Waals surface area (Å²) in [6.45, 7) is 4.21. The molecule has 4 aromatic rings. The van der Waals surface area contributed by atoms with Gasteiger partial charge < -0.3 is 9.97 Å². The summed E-state index contributed by atoms with van der Waals surface area (Å²) < 4.78 is 0. The van der Waals surface area contributed by atoms with Crippen LogP contribution in [0.1, 0.15) is 35.6 Å². The molecule has 2 heterocycles. The first-order valence-corrected chi connectivity index (χ1v) is 8.58. The van der Waals surface area contributed by atoms with Crippen LogP contribution in [0, 0.1) is 13.8 Å². The predicted octanol–water partition coefficient (Wildman–Crippen LogP) is 4.62. The smallest absolute Gasteiger partial charge is 0.107 e. The van der Waals surface area contributed by atoms with Crippen molar-refractivity contribution in [1.29, 1.82) is 0 Å². The van der Waals surface area contributed by atoms with Crippen molar-refractivity contribution in [2.45, 2.75) is 39.5 Å². The summed E-state index contributed by atoms with van der Waals surface area (Å²) in [4.78, 5) is 16.2. The zero-order chi connectivity index (χ0) is 16.5. The van der Waals surface area contributed by atoms with Gasteiger partial charge in [-0.1, -0.05) is 12.1 Å². The van der Waals surface area contributed by atoms with Crippen molar-refractivity contribution in [3.05, 3.63) is 59.2 Å². The van der Waals surface area contributed by atoms with Crippen LogP contribution in [-0.4, -0.2) is 19.9 Å². The molecular formula is C20H22N4. The van der Waals surface area contributed by atoms with Gasteiger partial charge in [0.2, 0.25) is 0 Å². The summed E-state index contributed by atoms with van der Waals surface area (Å²) >= 11 is 0. The van der Waals surface area contributed by atoms with Gasteiger partial charge in [-0.05, 0) is 62.1 Å². The number of H-pyrrole nitrogens is 2. The Labute approximate surface area is 141 Å². The van der Waals surface area contributed by atoms with Crippen LogP contribution in [0.15, 0.2) is 36.4 Å². The lowest BCUT2D eigenvalue weighted by Gasteiger charge is -1.97. The average Bonchev–Trinajstić information content (AvgIpc) is 3.13. The molecule has 0 unspecified atom stereocenters. The molecule has 4 heteroatoms. The van der Waals surface area contributed by atoms with E-state index in [1.165, 1.54) is 11.1 Å². The summed E-state index contributed by atoms with van der Waals surface area (Å²) in [5.74, 6) is 2.16. The van der Waals surface area contributed by atoms with Crippen molar-refractivity contribution < 1.29 is 0 Å². The van der Waals surface area contributed by atoms with Gasteiger partial charge in [0.25, 0.3) is 0 Å². The Morgan fingerprint density at radius 1 is 0.708 bits per heavy atom. The third-order valence-corrected chi connectivity index (χ3v) is 4.45. The number of rotatable bonds is 5. The minimum Gasteiger partial charge on any atom is -0.342 e. The number of fused-ring (bicyclic) bond motifs is 2.